The zero-order valence-electron chi connectivity index (χ0n) is 16.9. The van der Waals surface area contributed by atoms with Gasteiger partial charge in [0.05, 0.1) is 16.1 Å². The van der Waals surface area contributed by atoms with Gasteiger partial charge in [-0.2, -0.15) is 4.98 Å². The molecule has 32 heavy (non-hydrogen) atoms. The number of nitrogens with zero attached hydrogens (tertiary/aromatic N) is 5. The van der Waals surface area contributed by atoms with Crippen LogP contribution in [0, 0.1) is 17.0 Å². The Balaban J connectivity index is 1.59. The summed E-state index contributed by atoms with van der Waals surface area (Å²) in [5, 5.41) is 16.8. The number of aromatic nitrogens is 4. The van der Waals surface area contributed by atoms with Gasteiger partial charge in [-0.3, -0.25) is 20.1 Å². The van der Waals surface area contributed by atoms with Crippen molar-refractivity contribution in [2.75, 3.05) is 5.32 Å². The van der Waals surface area contributed by atoms with Crippen molar-refractivity contribution in [3.05, 3.63) is 89.0 Å². The number of ether oxygens (including phenoxy) is 1. The van der Waals surface area contributed by atoms with Crippen LogP contribution in [0.5, 0.6) is 11.6 Å². The zero-order valence-corrected chi connectivity index (χ0v) is 16.9. The number of anilines is 2. The van der Waals surface area contributed by atoms with Crippen LogP contribution in [-0.4, -0.2) is 24.9 Å². The summed E-state index contributed by atoms with van der Waals surface area (Å²) in [7, 11) is 0. The summed E-state index contributed by atoms with van der Waals surface area (Å²) in [5.41, 5.74) is 2.29. The van der Waals surface area contributed by atoms with Crippen LogP contribution >= 0.6 is 0 Å². The molecule has 0 saturated carbocycles. The molecule has 0 aliphatic carbocycles. The van der Waals surface area contributed by atoms with Crippen LogP contribution in [0.3, 0.4) is 0 Å². The number of hydrogen-bond acceptors (Lipinski definition) is 8. The Morgan fingerprint density at radius 2 is 1.69 bits per heavy atom. The van der Waals surface area contributed by atoms with Gasteiger partial charge in [0.15, 0.2) is 5.75 Å². The molecule has 0 atom stereocenters. The standard InChI is InChI=1S/C23H16N6O3/c1-14-10-11-16-5-2-8-17(19(16)27-14)28-22-21(29(30)31)23(26-13-25-22)32-18-9-3-6-15-7-4-12-24-20(15)18/h2-13H,1H3,(H,25,26,28). The minimum Gasteiger partial charge on any atom is -0.431 e. The maximum Gasteiger partial charge on any atom is 0.373 e. The minimum absolute atomic E-state index is 0.00371. The molecule has 0 saturated heterocycles. The van der Waals surface area contributed by atoms with Crippen molar-refractivity contribution in [1.82, 2.24) is 19.9 Å². The summed E-state index contributed by atoms with van der Waals surface area (Å²) in [6.45, 7) is 1.88. The van der Waals surface area contributed by atoms with E-state index in [1.807, 2.05) is 43.3 Å². The molecular formula is C23H16N6O3. The Hall–Kier alpha value is -4.66. The van der Waals surface area contributed by atoms with Gasteiger partial charge < -0.3 is 10.1 Å². The highest BCUT2D eigenvalue weighted by Gasteiger charge is 2.26. The molecule has 0 aliphatic heterocycles. The average Bonchev–Trinajstić information content (AvgIpc) is 2.80. The normalized spacial score (nSPS) is 10.9. The van der Waals surface area contributed by atoms with Crippen molar-refractivity contribution in [1.29, 1.82) is 0 Å². The monoisotopic (exact) mass is 424 g/mol. The fourth-order valence-electron chi connectivity index (χ4n) is 3.43. The van der Waals surface area contributed by atoms with E-state index >= 15 is 0 Å². The number of nitro groups is 1. The highest BCUT2D eigenvalue weighted by Crippen LogP contribution is 2.38. The van der Waals surface area contributed by atoms with Crippen LogP contribution < -0.4 is 10.1 Å². The third-order valence-electron chi connectivity index (χ3n) is 4.89. The van der Waals surface area contributed by atoms with Crippen LogP contribution in [-0.2, 0) is 0 Å². The number of benzene rings is 2. The van der Waals surface area contributed by atoms with E-state index in [0.717, 1.165) is 16.5 Å². The van der Waals surface area contributed by atoms with E-state index in [1.54, 1.807) is 30.5 Å². The van der Waals surface area contributed by atoms with Crippen LogP contribution in [0.15, 0.2) is 73.2 Å². The lowest BCUT2D eigenvalue weighted by Gasteiger charge is -2.11. The van der Waals surface area contributed by atoms with E-state index in [0.29, 0.717) is 22.5 Å². The maximum absolute atomic E-state index is 12.0. The van der Waals surface area contributed by atoms with Crippen molar-refractivity contribution in [3.63, 3.8) is 0 Å². The van der Waals surface area contributed by atoms with Crippen LogP contribution in [0.1, 0.15) is 5.69 Å². The maximum atomic E-state index is 12.0. The van der Waals surface area contributed by atoms with E-state index in [9.17, 15) is 10.1 Å². The van der Waals surface area contributed by atoms with Crippen LogP contribution in [0.2, 0.25) is 0 Å². The van der Waals surface area contributed by atoms with Crippen LogP contribution in [0.25, 0.3) is 21.8 Å². The summed E-state index contributed by atoms with van der Waals surface area (Å²) in [5.74, 6) is 0.178. The topological polar surface area (TPSA) is 116 Å². The number of aryl methyl sites for hydroxylation is 1. The van der Waals surface area contributed by atoms with Crippen LogP contribution in [0.4, 0.5) is 17.2 Å². The SMILES string of the molecule is Cc1ccc2cccc(Nc3ncnc(Oc4cccc5cccnc45)c3[N+](=O)[O-])c2n1. The second-order valence-corrected chi connectivity index (χ2v) is 7.02. The van der Waals surface area contributed by atoms with Gasteiger partial charge in [-0.25, -0.2) is 4.98 Å². The molecule has 2 aromatic carbocycles. The van der Waals surface area contributed by atoms with Gasteiger partial charge in [0.2, 0.25) is 5.82 Å². The fourth-order valence-corrected chi connectivity index (χ4v) is 3.43. The minimum atomic E-state index is -0.569. The van der Waals surface area contributed by atoms with Crippen molar-refractivity contribution >= 4 is 39.0 Å². The Bertz CT molecular complexity index is 1480. The summed E-state index contributed by atoms with van der Waals surface area (Å²) >= 11 is 0. The van der Waals surface area contributed by atoms with Gasteiger partial charge in [0, 0.05) is 22.7 Å². The van der Waals surface area contributed by atoms with Crippen molar-refractivity contribution in [3.8, 4) is 11.6 Å². The molecule has 0 spiro atoms. The van der Waals surface area contributed by atoms with Gasteiger partial charge in [0.25, 0.3) is 0 Å². The molecule has 0 unspecified atom stereocenters. The summed E-state index contributed by atoms with van der Waals surface area (Å²) < 4.78 is 5.86. The van der Waals surface area contributed by atoms with E-state index in [-0.39, 0.29) is 17.4 Å². The van der Waals surface area contributed by atoms with Crippen molar-refractivity contribution in [2.24, 2.45) is 0 Å². The first-order valence-electron chi connectivity index (χ1n) is 9.74. The van der Waals surface area contributed by atoms with Gasteiger partial charge >= 0.3 is 11.6 Å². The Labute approximate surface area is 181 Å². The summed E-state index contributed by atoms with van der Waals surface area (Å²) in [6.07, 6.45) is 2.85. The number of rotatable bonds is 5. The molecule has 0 radical (unpaired) electrons. The van der Waals surface area contributed by atoms with Gasteiger partial charge in [-0.1, -0.05) is 36.4 Å². The molecule has 156 valence electrons. The lowest BCUT2D eigenvalue weighted by Crippen LogP contribution is -2.04. The van der Waals surface area contributed by atoms with E-state index in [1.165, 1.54) is 6.33 Å². The Morgan fingerprint density at radius 3 is 2.53 bits per heavy atom. The second kappa shape index (κ2) is 7.88. The number of nitrogens with one attached hydrogen (secondary N) is 1. The first-order valence-corrected chi connectivity index (χ1v) is 9.74. The molecule has 9 nitrogen and oxygen atoms in total. The average molecular weight is 424 g/mol. The second-order valence-electron chi connectivity index (χ2n) is 7.02. The molecule has 5 aromatic rings. The van der Waals surface area contributed by atoms with Crippen molar-refractivity contribution in [2.45, 2.75) is 6.92 Å². The molecule has 9 heteroatoms. The Kier molecular flexibility index (Phi) is 4.75. The highest BCUT2D eigenvalue weighted by molar-refractivity contribution is 5.92. The van der Waals surface area contributed by atoms with Crippen molar-refractivity contribution < 1.29 is 9.66 Å². The third-order valence-corrected chi connectivity index (χ3v) is 4.89. The lowest BCUT2D eigenvalue weighted by atomic mass is 10.1. The van der Waals surface area contributed by atoms with Gasteiger partial charge in [-0.15, -0.1) is 0 Å². The van der Waals surface area contributed by atoms with Gasteiger partial charge in [-0.05, 0) is 31.2 Å². The first-order chi connectivity index (χ1) is 15.6. The molecule has 0 fully saturated rings. The molecule has 0 bridgehead atoms. The zero-order chi connectivity index (χ0) is 22.1. The predicted molar refractivity (Wildman–Crippen MR) is 120 cm³/mol. The molecule has 3 aromatic heterocycles. The molecular weight excluding hydrogens is 408 g/mol. The van der Waals surface area contributed by atoms with E-state index in [2.05, 4.69) is 25.3 Å². The van der Waals surface area contributed by atoms with E-state index < -0.39 is 4.92 Å². The summed E-state index contributed by atoms with van der Waals surface area (Å²) in [6, 6.07) is 18.4. The smallest absolute Gasteiger partial charge is 0.373 e. The van der Waals surface area contributed by atoms with Gasteiger partial charge in [0.1, 0.15) is 11.8 Å². The van der Waals surface area contributed by atoms with E-state index in [4.69, 9.17) is 4.74 Å². The number of pyridine rings is 2. The quantitative estimate of drug-likeness (QED) is 0.297. The molecule has 3 heterocycles. The number of hydrogen-bond donors (Lipinski definition) is 1. The third kappa shape index (κ3) is 3.52. The number of fused-ring (bicyclic) bond motifs is 2. The Morgan fingerprint density at radius 1 is 0.906 bits per heavy atom. The summed E-state index contributed by atoms with van der Waals surface area (Å²) in [4.78, 5) is 28.4. The molecule has 1 N–H and O–H groups in total. The fraction of sp³-hybridized carbons (Fsp3) is 0.0435. The molecule has 0 aliphatic rings. The molecule has 0 amide bonds. The molecule has 5 rings (SSSR count). The number of para-hydroxylation sites is 2. The predicted octanol–water partition coefficient (Wildman–Crippen LogP) is 5.33. The lowest BCUT2D eigenvalue weighted by molar-refractivity contribution is -0.385. The largest absolute Gasteiger partial charge is 0.431 e. The highest BCUT2D eigenvalue weighted by atomic mass is 16.6. The first kappa shape index (κ1) is 19.3.